The zero-order valence-electron chi connectivity index (χ0n) is 18.8. The van der Waals surface area contributed by atoms with Crippen LogP contribution in [0.1, 0.15) is 41.0 Å². The van der Waals surface area contributed by atoms with Gasteiger partial charge in [0.15, 0.2) is 0 Å². The molecule has 1 unspecified atom stereocenters. The molecule has 6 heteroatoms. The van der Waals surface area contributed by atoms with E-state index in [1.165, 1.54) is 0 Å². The molecule has 166 valence electrons. The van der Waals surface area contributed by atoms with E-state index >= 15 is 0 Å². The Hall–Kier alpha value is -3.41. The zero-order chi connectivity index (χ0) is 22.5. The molecule has 1 atom stereocenters. The molecule has 6 nitrogen and oxygen atoms in total. The predicted octanol–water partition coefficient (Wildman–Crippen LogP) is 3.97. The third kappa shape index (κ3) is 4.74. The number of carbonyl (C=O) groups excluding carboxylic acids is 2. The number of piperazine rings is 1. The predicted molar refractivity (Wildman–Crippen MR) is 128 cm³/mol. The number of hydrogen-bond donors (Lipinski definition) is 1. The van der Waals surface area contributed by atoms with Crippen LogP contribution < -0.4 is 10.2 Å². The van der Waals surface area contributed by atoms with Crippen molar-refractivity contribution in [2.45, 2.75) is 20.3 Å². The van der Waals surface area contributed by atoms with Crippen molar-refractivity contribution in [1.29, 1.82) is 0 Å². The van der Waals surface area contributed by atoms with E-state index in [0.29, 0.717) is 44.2 Å². The lowest BCUT2D eigenvalue weighted by atomic mass is 10.0. The maximum absolute atomic E-state index is 13.2. The largest absolute Gasteiger partial charge is 0.353 e. The molecule has 32 heavy (non-hydrogen) atoms. The lowest BCUT2D eigenvalue weighted by Gasteiger charge is -2.35. The summed E-state index contributed by atoms with van der Waals surface area (Å²) in [4.78, 5) is 34.0. The summed E-state index contributed by atoms with van der Waals surface area (Å²) in [6, 6.07) is 17.6. The van der Waals surface area contributed by atoms with Crippen molar-refractivity contribution in [3.8, 4) is 0 Å². The maximum atomic E-state index is 13.2. The molecule has 1 aliphatic heterocycles. The van der Waals surface area contributed by atoms with Gasteiger partial charge < -0.3 is 15.1 Å². The van der Waals surface area contributed by atoms with Gasteiger partial charge in [0.1, 0.15) is 5.82 Å². The van der Waals surface area contributed by atoms with Crippen molar-refractivity contribution in [3.05, 3.63) is 71.9 Å². The van der Waals surface area contributed by atoms with Gasteiger partial charge in [-0.05, 0) is 34.9 Å². The van der Waals surface area contributed by atoms with Gasteiger partial charge in [-0.25, -0.2) is 4.98 Å². The van der Waals surface area contributed by atoms with Crippen LogP contribution in [-0.4, -0.2) is 54.4 Å². The summed E-state index contributed by atoms with van der Waals surface area (Å²) < 4.78 is 0. The SMILES string of the molecule is CCC(C)CNC(=O)c1ccc(N2CCN(C(=O)c3cccc4ccccc34)CC2)nc1. The fraction of sp³-hybridized carbons (Fsp3) is 0.346. The van der Waals surface area contributed by atoms with Gasteiger partial charge in [0, 0.05) is 44.5 Å². The Morgan fingerprint density at radius 2 is 1.75 bits per heavy atom. The number of pyridine rings is 1. The molecule has 1 fully saturated rings. The fourth-order valence-corrected chi connectivity index (χ4v) is 3.94. The number of amides is 2. The van der Waals surface area contributed by atoms with Crippen LogP contribution >= 0.6 is 0 Å². The average Bonchev–Trinajstić information content (AvgIpc) is 2.86. The number of anilines is 1. The fourth-order valence-electron chi connectivity index (χ4n) is 3.94. The molecule has 3 aromatic rings. The number of aromatic nitrogens is 1. The number of nitrogens with zero attached hydrogens (tertiary/aromatic N) is 3. The minimum atomic E-state index is -0.0881. The Morgan fingerprint density at radius 1 is 1.00 bits per heavy atom. The first-order chi connectivity index (χ1) is 15.6. The van der Waals surface area contributed by atoms with E-state index in [1.54, 1.807) is 6.20 Å². The summed E-state index contributed by atoms with van der Waals surface area (Å²) in [6.45, 7) is 7.60. The molecule has 1 N–H and O–H groups in total. The number of hydrogen-bond acceptors (Lipinski definition) is 4. The summed E-state index contributed by atoms with van der Waals surface area (Å²) in [5.41, 5.74) is 1.32. The molecule has 2 aromatic carbocycles. The summed E-state index contributed by atoms with van der Waals surface area (Å²) in [7, 11) is 0. The highest BCUT2D eigenvalue weighted by atomic mass is 16.2. The summed E-state index contributed by atoms with van der Waals surface area (Å²) in [5.74, 6) is 1.28. The Kier molecular flexibility index (Phi) is 6.69. The molecule has 0 radical (unpaired) electrons. The first-order valence-corrected chi connectivity index (χ1v) is 11.3. The monoisotopic (exact) mass is 430 g/mol. The number of rotatable bonds is 6. The Morgan fingerprint density at radius 3 is 2.47 bits per heavy atom. The molecule has 0 bridgehead atoms. The van der Waals surface area contributed by atoms with E-state index in [1.807, 2.05) is 59.5 Å². The first-order valence-electron chi connectivity index (χ1n) is 11.3. The summed E-state index contributed by atoms with van der Waals surface area (Å²) >= 11 is 0. The highest BCUT2D eigenvalue weighted by Gasteiger charge is 2.24. The van der Waals surface area contributed by atoms with Crippen molar-refractivity contribution in [1.82, 2.24) is 15.2 Å². The van der Waals surface area contributed by atoms with Gasteiger partial charge in [-0.3, -0.25) is 9.59 Å². The number of benzene rings is 2. The third-order valence-corrected chi connectivity index (χ3v) is 6.23. The Balaban J connectivity index is 1.36. The molecule has 1 aliphatic rings. The van der Waals surface area contributed by atoms with Gasteiger partial charge in [-0.2, -0.15) is 0 Å². The van der Waals surface area contributed by atoms with Gasteiger partial charge in [0.05, 0.1) is 5.56 Å². The minimum Gasteiger partial charge on any atom is -0.353 e. The molecule has 2 heterocycles. The summed E-state index contributed by atoms with van der Waals surface area (Å²) in [5, 5.41) is 5.03. The van der Waals surface area contributed by atoms with E-state index in [9.17, 15) is 9.59 Å². The molecule has 1 saturated heterocycles. The second kappa shape index (κ2) is 9.81. The van der Waals surface area contributed by atoms with Crippen LogP contribution in [0.3, 0.4) is 0 Å². The molecular formula is C26H30N4O2. The second-order valence-electron chi connectivity index (χ2n) is 8.43. The zero-order valence-corrected chi connectivity index (χ0v) is 18.8. The molecular weight excluding hydrogens is 400 g/mol. The Bertz CT molecular complexity index is 1080. The van der Waals surface area contributed by atoms with Crippen LogP contribution in [0.4, 0.5) is 5.82 Å². The topological polar surface area (TPSA) is 65.5 Å². The first kappa shape index (κ1) is 21.8. The lowest BCUT2D eigenvalue weighted by Crippen LogP contribution is -2.49. The van der Waals surface area contributed by atoms with Crippen LogP contribution in [0.25, 0.3) is 10.8 Å². The van der Waals surface area contributed by atoms with E-state index < -0.39 is 0 Å². The molecule has 1 aromatic heterocycles. The van der Waals surface area contributed by atoms with Crippen LogP contribution in [0.15, 0.2) is 60.8 Å². The molecule has 0 aliphatic carbocycles. The highest BCUT2D eigenvalue weighted by Crippen LogP contribution is 2.21. The van der Waals surface area contributed by atoms with Gasteiger partial charge in [0.2, 0.25) is 0 Å². The maximum Gasteiger partial charge on any atom is 0.254 e. The van der Waals surface area contributed by atoms with E-state index in [4.69, 9.17) is 0 Å². The Labute approximate surface area is 189 Å². The van der Waals surface area contributed by atoms with Crippen LogP contribution in [0.2, 0.25) is 0 Å². The molecule has 0 saturated carbocycles. The minimum absolute atomic E-state index is 0.0720. The van der Waals surface area contributed by atoms with Gasteiger partial charge in [0.25, 0.3) is 11.8 Å². The van der Waals surface area contributed by atoms with Crippen LogP contribution in [0.5, 0.6) is 0 Å². The number of carbonyl (C=O) groups is 2. The molecule has 2 amide bonds. The van der Waals surface area contributed by atoms with Gasteiger partial charge in [-0.1, -0.05) is 56.7 Å². The van der Waals surface area contributed by atoms with Crippen molar-refractivity contribution in [3.63, 3.8) is 0 Å². The van der Waals surface area contributed by atoms with E-state index in [2.05, 4.69) is 29.0 Å². The van der Waals surface area contributed by atoms with Crippen molar-refractivity contribution >= 4 is 28.4 Å². The standard InChI is InChI=1S/C26H30N4O2/c1-3-19(2)17-28-25(31)21-11-12-24(27-18-21)29-13-15-30(16-14-29)26(32)23-10-6-8-20-7-4-5-9-22(20)23/h4-12,18-19H,3,13-17H2,1-2H3,(H,28,31). The summed E-state index contributed by atoms with van der Waals surface area (Å²) in [6.07, 6.45) is 2.67. The van der Waals surface area contributed by atoms with Crippen molar-refractivity contribution < 1.29 is 9.59 Å². The molecule has 0 spiro atoms. The van der Waals surface area contributed by atoms with Crippen molar-refractivity contribution in [2.24, 2.45) is 5.92 Å². The van der Waals surface area contributed by atoms with Gasteiger partial charge in [-0.15, -0.1) is 0 Å². The van der Waals surface area contributed by atoms with Gasteiger partial charge >= 0.3 is 0 Å². The number of nitrogens with one attached hydrogen (secondary N) is 1. The lowest BCUT2D eigenvalue weighted by molar-refractivity contribution is 0.0748. The highest BCUT2D eigenvalue weighted by molar-refractivity contribution is 6.07. The van der Waals surface area contributed by atoms with Crippen molar-refractivity contribution in [2.75, 3.05) is 37.6 Å². The van der Waals surface area contributed by atoms with E-state index in [0.717, 1.165) is 28.6 Å². The van der Waals surface area contributed by atoms with E-state index in [-0.39, 0.29) is 11.8 Å². The molecule has 4 rings (SSSR count). The van der Waals surface area contributed by atoms with Crippen LogP contribution in [-0.2, 0) is 0 Å². The normalized spacial score (nSPS) is 14.9. The quantitative estimate of drug-likeness (QED) is 0.643. The number of fused-ring (bicyclic) bond motifs is 1. The van der Waals surface area contributed by atoms with Crippen LogP contribution in [0, 0.1) is 5.92 Å². The third-order valence-electron chi connectivity index (χ3n) is 6.23. The second-order valence-corrected chi connectivity index (χ2v) is 8.43. The average molecular weight is 431 g/mol. The smallest absolute Gasteiger partial charge is 0.254 e.